The molecule has 0 saturated heterocycles. The highest BCUT2D eigenvalue weighted by Gasteiger charge is 1.96. The van der Waals surface area contributed by atoms with Crippen LogP contribution in [0.4, 0.5) is 0 Å². The Morgan fingerprint density at radius 3 is 2.50 bits per heavy atom. The first-order valence-electron chi connectivity index (χ1n) is 4.49. The van der Waals surface area contributed by atoms with Crippen molar-refractivity contribution in [3.8, 4) is 0 Å². The Hall–Kier alpha value is -1.60. The third-order valence-corrected chi connectivity index (χ3v) is 2.24. The van der Waals surface area contributed by atoms with Crippen LogP contribution in [0.5, 0.6) is 0 Å². The van der Waals surface area contributed by atoms with E-state index >= 15 is 0 Å². The smallest absolute Gasteiger partial charge is 0.00940 e. The molecule has 0 aliphatic heterocycles. The Morgan fingerprint density at radius 1 is 1.00 bits per heavy atom. The van der Waals surface area contributed by atoms with Crippen molar-refractivity contribution in [2.45, 2.75) is 6.42 Å². The average Bonchev–Trinajstić information content (AvgIpc) is 2.19. The van der Waals surface area contributed by atoms with Gasteiger partial charge in [0.2, 0.25) is 0 Å². The van der Waals surface area contributed by atoms with Gasteiger partial charge in [0.05, 0.1) is 0 Å². The first-order valence-corrected chi connectivity index (χ1v) is 4.49. The number of fused-ring (bicyclic) bond motifs is 1. The van der Waals surface area contributed by atoms with E-state index in [-0.39, 0.29) is 5.48 Å². The number of hydrogen-bond acceptors (Lipinski definition) is 0. The molecule has 0 atom stereocenters. The minimum absolute atomic E-state index is 0. The van der Waals surface area contributed by atoms with E-state index in [1.807, 2.05) is 6.08 Å². The minimum atomic E-state index is 0. The molecule has 0 heterocycles. The van der Waals surface area contributed by atoms with Crippen molar-refractivity contribution >= 4 is 10.8 Å². The lowest BCUT2D eigenvalue weighted by Crippen LogP contribution is -1.82. The molecule has 2 rings (SSSR count). The van der Waals surface area contributed by atoms with Crippen LogP contribution in [0, 0.1) is 0 Å². The second-order valence-electron chi connectivity index (χ2n) is 3.13. The fourth-order valence-corrected chi connectivity index (χ4v) is 1.63. The van der Waals surface area contributed by atoms with Gasteiger partial charge in [0.1, 0.15) is 0 Å². The predicted octanol–water partition coefficient (Wildman–Crippen LogP) is 2.74. The van der Waals surface area contributed by atoms with E-state index in [0.717, 1.165) is 6.42 Å². The summed E-state index contributed by atoms with van der Waals surface area (Å²) < 4.78 is 0. The molecule has 0 aliphatic rings. The van der Waals surface area contributed by atoms with Crippen molar-refractivity contribution in [2.75, 3.05) is 0 Å². The summed E-state index contributed by atoms with van der Waals surface area (Å²) >= 11 is 0. The van der Waals surface area contributed by atoms with Gasteiger partial charge in [0.25, 0.3) is 0 Å². The SMILES string of the molecule is C=CCc1cccc2ccccc12.O. The standard InChI is InChI=1S/C13H12.H2O/c1-2-6-11-8-5-9-12-7-3-4-10-13(11)12;/h2-5,7-10H,1,6H2;1H2. The van der Waals surface area contributed by atoms with Crippen LogP contribution in [-0.2, 0) is 6.42 Å². The molecule has 0 aromatic heterocycles. The fourth-order valence-electron chi connectivity index (χ4n) is 1.63. The highest BCUT2D eigenvalue weighted by molar-refractivity contribution is 5.85. The maximum absolute atomic E-state index is 3.76. The summed E-state index contributed by atoms with van der Waals surface area (Å²) in [6.45, 7) is 3.76. The molecular weight excluding hydrogens is 172 g/mol. The molecule has 0 bridgehead atoms. The van der Waals surface area contributed by atoms with Gasteiger partial charge in [-0.25, -0.2) is 0 Å². The lowest BCUT2D eigenvalue weighted by atomic mass is 10.0. The third-order valence-electron chi connectivity index (χ3n) is 2.24. The first kappa shape index (κ1) is 10.5. The summed E-state index contributed by atoms with van der Waals surface area (Å²) in [5.41, 5.74) is 1.35. The van der Waals surface area contributed by atoms with Crippen LogP contribution in [0.2, 0.25) is 0 Å². The lowest BCUT2D eigenvalue weighted by molar-refractivity contribution is 0.824. The van der Waals surface area contributed by atoms with Gasteiger partial charge < -0.3 is 5.48 Å². The van der Waals surface area contributed by atoms with Gasteiger partial charge >= 0.3 is 0 Å². The van der Waals surface area contributed by atoms with E-state index in [1.54, 1.807) is 0 Å². The fraction of sp³-hybridized carbons (Fsp3) is 0.0769. The second kappa shape index (κ2) is 4.58. The van der Waals surface area contributed by atoms with Crippen LogP contribution in [0.1, 0.15) is 5.56 Å². The van der Waals surface area contributed by atoms with Crippen LogP contribution < -0.4 is 0 Å². The quantitative estimate of drug-likeness (QED) is 0.646. The molecule has 72 valence electrons. The van der Waals surface area contributed by atoms with E-state index in [2.05, 4.69) is 49.0 Å². The van der Waals surface area contributed by atoms with Crippen LogP contribution in [-0.4, -0.2) is 5.48 Å². The predicted molar refractivity (Wildman–Crippen MR) is 61.5 cm³/mol. The topological polar surface area (TPSA) is 31.5 Å². The molecule has 0 unspecified atom stereocenters. The maximum Gasteiger partial charge on any atom is -0.00940 e. The van der Waals surface area contributed by atoms with Gasteiger partial charge in [-0.3, -0.25) is 0 Å². The molecule has 0 aliphatic carbocycles. The summed E-state index contributed by atoms with van der Waals surface area (Å²) in [4.78, 5) is 0. The zero-order valence-corrected chi connectivity index (χ0v) is 8.03. The third kappa shape index (κ3) is 1.83. The lowest BCUT2D eigenvalue weighted by Gasteiger charge is -2.02. The Bertz CT molecular complexity index is 427. The molecule has 0 amide bonds. The zero-order chi connectivity index (χ0) is 9.10. The van der Waals surface area contributed by atoms with E-state index in [1.165, 1.54) is 16.3 Å². The van der Waals surface area contributed by atoms with Crippen molar-refractivity contribution in [2.24, 2.45) is 0 Å². The van der Waals surface area contributed by atoms with Crippen LogP contribution >= 0.6 is 0 Å². The van der Waals surface area contributed by atoms with Crippen LogP contribution in [0.3, 0.4) is 0 Å². The largest absolute Gasteiger partial charge is 0.412 e. The van der Waals surface area contributed by atoms with Crippen molar-refractivity contribution in [1.82, 2.24) is 0 Å². The summed E-state index contributed by atoms with van der Waals surface area (Å²) in [6.07, 6.45) is 2.89. The molecule has 2 aromatic carbocycles. The van der Waals surface area contributed by atoms with Crippen LogP contribution in [0.15, 0.2) is 55.1 Å². The molecule has 0 saturated carbocycles. The van der Waals surface area contributed by atoms with Gasteiger partial charge in [-0.05, 0) is 22.8 Å². The number of hydrogen-bond donors (Lipinski definition) is 0. The molecule has 14 heavy (non-hydrogen) atoms. The van der Waals surface area contributed by atoms with Gasteiger partial charge in [-0.1, -0.05) is 48.5 Å². The minimum Gasteiger partial charge on any atom is -0.412 e. The Balaban J connectivity index is 0.000000980. The van der Waals surface area contributed by atoms with Gasteiger partial charge in [-0.15, -0.1) is 6.58 Å². The van der Waals surface area contributed by atoms with Gasteiger partial charge in [0.15, 0.2) is 0 Å². The molecular formula is C13H14O. The molecule has 2 aromatic rings. The van der Waals surface area contributed by atoms with Crippen molar-refractivity contribution in [3.63, 3.8) is 0 Å². The highest BCUT2D eigenvalue weighted by atomic mass is 16.0. The van der Waals surface area contributed by atoms with Crippen LogP contribution in [0.25, 0.3) is 10.8 Å². The number of rotatable bonds is 2. The Labute approximate surface area is 84.0 Å². The summed E-state index contributed by atoms with van der Waals surface area (Å²) in [5.74, 6) is 0. The molecule has 0 spiro atoms. The summed E-state index contributed by atoms with van der Waals surface area (Å²) in [7, 11) is 0. The Kier molecular flexibility index (Phi) is 3.43. The highest BCUT2D eigenvalue weighted by Crippen LogP contribution is 2.18. The van der Waals surface area contributed by atoms with Gasteiger partial charge in [0, 0.05) is 0 Å². The first-order chi connectivity index (χ1) is 6.42. The molecule has 0 radical (unpaired) electrons. The molecule has 1 heteroatoms. The van der Waals surface area contributed by atoms with E-state index in [0.29, 0.717) is 0 Å². The van der Waals surface area contributed by atoms with Crippen molar-refractivity contribution < 1.29 is 5.48 Å². The number of benzene rings is 2. The molecule has 0 fully saturated rings. The van der Waals surface area contributed by atoms with E-state index in [4.69, 9.17) is 0 Å². The Morgan fingerprint density at radius 2 is 1.71 bits per heavy atom. The van der Waals surface area contributed by atoms with Crippen molar-refractivity contribution in [1.29, 1.82) is 0 Å². The van der Waals surface area contributed by atoms with E-state index < -0.39 is 0 Å². The van der Waals surface area contributed by atoms with E-state index in [9.17, 15) is 0 Å². The second-order valence-corrected chi connectivity index (χ2v) is 3.13. The zero-order valence-electron chi connectivity index (χ0n) is 8.03. The van der Waals surface area contributed by atoms with Gasteiger partial charge in [-0.2, -0.15) is 0 Å². The normalized spacial score (nSPS) is 9.43. The van der Waals surface area contributed by atoms with Crippen molar-refractivity contribution in [3.05, 3.63) is 60.7 Å². The summed E-state index contributed by atoms with van der Waals surface area (Å²) in [6, 6.07) is 14.8. The maximum atomic E-state index is 3.76. The summed E-state index contributed by atoms with van der Waals surface area (Å²) in [5, 5.41) is 2.65. The number of allylic oxidation sites excluding steroid dienone is 1. The monoisotopic (exact) mass is 186 g/mol. The molecule has 1 nitrogen and oxygen atoms in total. The average molecular weight is 186 g/mol. The molecule has 2 N–H and O–H groups in total.